The fourth-order valence-corrected chi connectivity index (χ4v) is 6.09. The van der Waals surface area contributed by atoms with Gasteiger partial charge in [-0.25, -0.2) is 4.79 Å². The number of likely N-dealkylation sites (tertiary alicyclic amines) is 1. The summed E-state index contributed by atoms with van der Waals surface area (Å²) in [7, 11) is 2.18. The van der Waals surface area contributed by atoms with Gasteiger partial charge in [-0.1, -0.05) is 30.3 Å². The number of esters is 1. The monoisotopic (exact) mass is 389 g/mol. The van der Waals surface area contributed by atoms with E-state index in [9.17, 15) is 9.90 Å². The van der Waals surface area contributed by atoms with Crippen molar-refractivity contribution in [2.75, 3.05) is 13.6 Å². The number of phenols is 1. The number of carbonyl (C=O) groups is 1. The van der Waals surface area contributed by atoms with Crippen LogP contribution >= 0.6 is 0 Å². The van der Waals surface area contributed by atoms with E-state index in [2.05, 4.69) is 18.0 Å². The van der Waals surface area contributed by atoms with Crippen LogP contribution in [0.4, 0.5) is 0 Å². The molecule has 1 saturated heterocycles. The highest BCUT2D eigenvalue weighted by Gasteiger charge is 2.65. The van der Waals surface area contributed by atoms with Crippen molar-refractivity contribution in [2.24, 2.45) is 5.92 Å². The molecule has 0 unspecified atom stereocenters. The zero-order valence-electron chi connectivity index (χ0n) is 16.2. The van der Waals surface area contributed by atoms with E-state index in [1.807, 2.05) is 30.3 Å². The summed E-state index contributed by atoms with van der Waals surface area (Å²) in [5.74, 6) is 0.703. The minimum absolute atomic E-state index is 0.178. The first-order valence-electron chi connectivity index (χ1n) is 10.3. The molecule has 1 fully saturated rings. The smallest absolute Gasteiger partial charge is 0.338 e. The van der Waals surface area contributed by atoms with Crippen LogP contribution in [0, 0.1) is 5.92 Å². The van der Waals surface area contributed by atoms with Crippen LogP contribution in [0.15, 0.2) is 54.6 Å². The summed E-state index contributed by atoms with van der Waals surface area (Å²) < 4.78 is 12.3. The highest BCUT2D eigenvalue weighted by atomic mass is 16.6. The molecule has 0 radical (unpaired) electrons. The van der Waals surface area contributed by atoms with E-state index in [1.165, 1.54) is 5.56 Å². The lowest BCUT2D eigenvalue weighted by atomic mass is 9.53. The fourth-order valence-electron chi connectivity index (χ4n) is 6.09. The molecule has 2 aromatic rings. The third kappa shape index (κ3) is 2.16. The maximum atomic E-state index is 12.8. The Labute approximate surface area is 169 Å². The molecule has 2 heterocycles. The fraction of sp³-hybridized carbons (Fsp3) is 0.375. The van der Waals surface area contributed by atoms with E-state index in [0.717, 1.165) is 24.9 Å². The number of carbonyl (C=O) groups excluding carboxylic acids is 1. The summed E-state index contributed by atoms with van der Waals surface area (Å²) in [5.41, 5.74) is 2.66. The van der Waals surface area contributed by atoms with Gasteiger partial charge in [-0.15, -0.1) is 0 Å². The lowest BCUT2D eigenvalue weighted by Gasteiger charge is -2.56. The van der Waals surface area contributed by atoms with Gasteiger partial charge < -0.3 is 19.5 Å². The third-order valence-electron chi connectivity index (χ3n) is 7.38. The van der Waals surface area contributed by atoms with Crippen molar-refractivity contribution in [3.63, 3.8) is 0 Å². The van der Waals surface area contributed by atoms with Crippen molar-refractivity contribution in [1.29, 1.82) is 0 Å². The molecule has 4 aliphatic rings. The van der Waals surface area contributed by atoms with E-state index < -0.39 is 6.10 Å². The SMILES string of the molecule is CN1CC[C@]23c4c5ccc(O)c4O[C@H]2[C@@H](OC(=O)c2ccccc2)C=C[C@H]3[C@H]1C5. The molecule has 0 amide bonds. The number of phenolic OH excluding ortho intramolecular Hbond substituents is 1. The molecular weight excluding hydrogens is 366 g/mol. The van der Waals surface area contributed by atoms with Crippen LogP contribution in [0.1, 0.15) is 27.9 Å². The van der Waals surface area contributed by atoms with Crippen LogP contribution < -0.4 is 4.74 Å². The topological polar surface area (TPSA) is 59.0 Å². The van der Waals surface area contributed by atoms with Crippen molar-refractivity contribution >= 4 is 5.97 Å². The lowest BCUT2D eigenvalue weighted by molar-refractivity contribution is -0.0555. The predicted molar refractivity (Wildman–Crippen MR) is 107 cm³/mol. The molecule has 29 heavy (non-hydrogen) atoms. The molecule has 5 nitrogen and oxygen atoms in total. The number of ether oxygens (including phenoxy) is 2. The highest BCUT2D eigenvalue weighted by molar-refractivity contribution is 5.89. The summed E-state index contributed by atoms with van der Waals surface area (Å²) in [6, 6.07) is 13.2. The van der Waals surface area contributed by atoms with Crippen LogP contribution in [0.25, 0.3) is 0 Å². The van der Waals surface area contributed by atoms with E-state index in [4.69, 9.17) is 9.47 Å². The Kier molecular flexibility index (Phi) is 3.46. The molecule has 6 rings (SSSR count). The normalized spacial score (nSPS) is 33.7. The second kappa shape index (κ2) is 5.86. The Morgan fingerprint density at radius 2 is 2.03 bits per heavy atom. The molecule has 0 saturated carbocycles. The molecule has 5 atom stereocenters. The molecule has 2 aromatic carbocycles. The number of benzene rings is 2. The van der Waals surface area contributed by atoms with Gasteiger partial charge >= 0.3 is 5.97 Å². The standard InChI is InChI=1S/C24H23NO4/c1-25-12-11-24-16-8-10-19(28-23(27)14-5-3-2-4-6-14)22(24)29-21-18(26)9-7-15(20(21)24)13-17(16)25/h2-10,16-17,19,22,26H,11-13H2,1H3/t16-,17+,19-,22-,24-/m0/s1. The second-order valence-corrected chi connectivity index (χ2v) is 8.68. The Hall–Kier alpha value is -2.79. The quantitative estimate of drug-likeness (QED) is 0.632. The molecule has 5 heteroatoms. The van der Waals surface area contributed by atoms with Gasteiger partial charge in [0.15, 0.2) is 17.6 Å². The Balaban J connectivity index is 1.45. The molecule has 148 valence electrons. The average molecular weight is 389 g/mol. The van der Waals surface area contributed by atoms with E-state index >= 15 is 0 Å². The second-order valence-electron chi connectivity index (χ2n) is 8.68. The molecule has 0 aromatic heterocycles. The molecule has 2 aliphatic carbocycles. The predicted octanol–water partition coefficient (Wildman–Crippen LogP) is 3.06. The average Bonchev–Trinajstić information content (AvgIpc) is 3.10. The first-order chi connectivity index (χ1) is 14.1. The van der Waals surface area contributed by atoms with Crippen LogP contribution in [-0.2, 0) is 16.6 Å². The Bertz CT molecular complexity index is 1030. The zero-order chi connectivity index (χ0) is 19.8. The maximum Gasteiger partial charge on any atom is 0.338 e. The molecule has 1 N–H and O–H groups in total. The summed E-state index contributed by atoms with van der Waals surface area (Å²) in [6.45, 7) is 0.961. The number of rotatable bonds is 2. The van der Waals surface area contributed by atoms with Crippen molar-refractivity contribution in [3.05, 3.63) is 71.3 Å². The van der Waals surface area contributed by atoms with Gasteiger partial charge in [0.25, 0.3) is 0 Å². The van der Waals surface area contributed by atoms with Crippen LogP contribution in [-0.4, -0.2) is 47.8 Å². The number of hydrogen-bond donors (Lipinski definition) is 1. The third-order valence-corrected chi connectivity index (χ3v) is 7.38. The van der Waals surface area contributed by atoms with Gasteiger partial charge in [-0.3, -0.25) is 0 Å². The Morgan fingerprint density at radius 3 is 2.86 bits per heavy atom. The van der Waals surface area contributed by atoms with Crippen LogP contribution in [0.2, 0.25) is 0 Å². The van der Waals surface area contributed by atoms with Crippen molar-refractivity contribution in [2.45, 2.75) is 36.5 Å². The summed E-state index contributed by atoms with van der Waals surface area (Å²) in [6.07, 6.45) is 5.28. The van der Waals surface area contributed by atoms with E-state index in [1.54, 1.807) is 18.2 Å². The summed E-state index contributed by atoms with van der Waals surface area (Å²) in [4.78, 5) is 15.2. The number of nitrogens with zero attached hydrogens (tertiary/aromatic N) is 1. The summed E-state index contributed by atoms with van der Waals surface area (Å²) in [5, 5.41) is 10.5. The lowest BCUT2D eigenvalue weighted by Crippen LogP contribution is -2.65. The molecular formula is C24H23NO4. The van der Waals surface area contributed by atoms with Crippen molar-refractivity contribution in [1.82, 2.24) is 4.90 Å². The number of likely N-dealkylation sites (N-methyl/N-ethyl adjacent to an activating group) is 1. The van der Waals surface area contributed by atoms with Gasteiger partial charge in [0, 0.05) is 22.9 Å². The zero-order valence-corrected chi connectivity index (χ0v) is 16.2. The van der Waals surface area contributed by atoms with Gasteiger partial charge in [0.2, 0.25) is 0 Å². The number of aromatic hydroxyl groups is 1. The Morgan fingerprint density at radius 1 is 1.21 bits per heavy atom. The van der Waals surface area contributed by atoms with Gasteiger partial charge in [-0.05, 0) is 56.3 Å². The first-order valence-corrected chi connectivity index (χ1v) is 10.3. The highest BCUT2D eigenvalue weighted by Crippen LogP contribution is 2.62. The van der Waals surface area contributed by atoms with Gasteiger partial charge in [0.05, 0.1) is 5.56 Å². The number of piperidine rings is 1. The number of hydrogen-bond acceptors (Lipinski definition) is 5. The minimum Gasteiger partial charge on any atom is -0.504 e. The first kappa shape index (κ1) is 17.1. The van der Waals surface area contributed by atoms with Crippen molar-refractivity contribution < 1.29 is 19.4 Å². The van der Waals surface area contributed by atoms with Crippen LogP contribution in [0.3, 0.4) is 0 Å². The summed E-state index contributed by atoms with van der Waals surface area (Å²) >= 11 is 0. The maximum absolute atomic E-state index is 12.8. The minimum atomic E-state index is -0.485. The van der Waals surface area contributed by atoms with Crippen molar-refractivity contribution in [3.8, 4) is 11.5 Å². The van der Waals surface area contributed by atoms with Gasteiger partial charge in [0.1, 0.15) is 6.10 Å². The molecule has 2 aliphatic heterocycles. The molecule has 2 bridgehead atoms. The van der Waals surface area contributed by atoms with Gasteiger partial charge in [-0.2, -0.15) is 0 Å². The van der Waals surface area contributed by atoms with E-state index in [0.29, 0.717) is 17.4 Å². The van der Waals surface area contributed by atoms with E-state index in [-0.39, 0.29) is 29.2 Å². The van der Waals surface area contributed by atoms with Crippen LogP contribution in [0.5, 0.6) is 11.5 Å². The molecule has 1 spiro atoms. The largest absolute Gasteiger partial charge is 0.504 e.